The first kappa shape index (κ1) is 73.5. The van der Waals surface area contributed by atoms with Crippen LogP contribution in [0.25, 0.3) is 90.7 Å². The molecule has 0 unspecified atom stereocenters. The van der Waals surface area contributed by atoms with Crippen LogP contribution in [0.3, 0.4) is 0 Å². The fourth-order valence-corrected chi connectivity index (χ4v) is 14.9. The smallest absolute Gasteiger partial charge is 0.258 e. The van der Waals surface area contributed by atoms with Crippen molar-refractivity contribution in [2.24, 2.45) is 0 Å². The Bertz CT molecular complexity index is 6580. The molecule has 16 aromatic heterocycles. The average Bonchev–Trinajstić information content (AvgIpc) is 1.37. The van der Waals surface area contributed by atoms with Crippen molar-refractivity contribution in [2.75, 3.05) is 119 Å². The molecule has 0 radical (unpaired) electrons. The van der Waals surface area contributed by atoms with E-state index in [0.717, 1.165) is 136 Å². The second-order valence-electron chi connectivity index (χ2n) is 29.5. The molecule has 20 rings (SSSR count). The number of piperazine rings is 2. The lowest BCUT2D eigenvalue weighted by atomic mass is 10.1. The Labute approximate surface area is 650 Å². The molecule has 4 fully saturated rings. The zero-order chi connectivity index (χ0) is 78.6. The minimum absolute atomic E-state index is 0.117. The van der Waals surface area contributed by atoms with E-state index in [2.05, 4.69) is 155 Å². The highest BCUT2D eigenvalue weighted by molar-refractivity contribution is 5.67. The molecule has 0 spiro atoms. The van der Waals surface area contributed by atoms with Crippen LogP contribution in [0.15, 0.2) is 166 Å². The van der Waals surface area contributed by atoms with Gasteiger partial charge in [-0.1, -0.05) is 0 Å². The molecule has 0 amide bonds. The Hall–Kier alpha value is -13.3. The van der Waals surface area contributed by atoms with E-state index in [1.165, 1.54) is 18.2 Å². The van der Waals surface area contributed by atoms with Crippen molar-refractivity contribution in [3.63, 3.8) is 0 Å². The number of nitrogens with zero attached hydrogens (tertiary/aromatic N) is 30. The van der Waals surface area contributed by atoms with Crippen molar-refractivity contribution in [3.8, 4) is 45.0 Å². The number of hydrogen-bond acceptors (Lipinski definition) is 28. The normalized spacial score (nSPS) is 17.0. The molecule has 36 heteroatoms. The van der Waals surface area contributed by atoms with Gasteiger partial charge in [-0.3, -0.25) is 36.8 Å². The van der Waals surface area contributed by atoms with Gasteiger partial charge >= 0.3 is 0 Å². The van der Waals surface area contributed by atoms with Crippen molar-refractivity contribution in [3.05, 3.63) is 212 Å². The Morgan fingerprint density at radius 3 is 1.07 bits per heavy atom. The maximum Gasteiger partial charge on any atom is 0.258 e. The summed E-state index contributed by atoms with van der Waals surface area (Å²) in [6, 6.07) is 23.2. The Kier molecular flexibility index (Phi) is 19.8. The number of rotatable bonds is 9. The predicted molar refractivity (Wildman–Crippen MR) is 432 cm³/mol. The summed E-state index contributed by atoms with van der Waals surface area (Å²) in [5, 5.41) is 24.0. The molecule has 2 N–H and O–H groups in total. The number of aryl methyl sites for hydroxylation is 4. The zero-order valence-corrected chi connectivity index (χ0v) is 64.5. The zero-order valence-electron chi connectivity index (χ0n) is 64.5. The lowest BCUT2D eigenvalue weighted by Crippen LogP contribution is -2.54. The van der Waals surface area contributed by atoms with Crippen LogP contribution in [-0.2, 0) is 0 Å². The average molecular weight is 1530 g/mol. The van der Waals surface area contributed by atoms with Crippen LogP contribution >= 0.6 is 0 Å². The summed E-state index contributed by atoms with van der Waals surface area (Å²) in [6.07, 6.45) is 23.6. The summed E-state index contributed by atoms with van der Waals surface area (Å²) in [4.78, 5) is 118. The first-order chi connectivity index (χ1) is 55.2. The minimum atomic E-state index is -0.127. The second kappa shape index (κ2) is 30.7. The molecular formula is C78H84N32O4. The van der Waals surface area contributed by atoms with Gasteiger partial charge < -0.3 is 40.0 Å². The van der Waals surface area contributed by atoms with Gasteiger partial charge in [0, 0.05) is 211 Å². The molecule has 4 saturated heterocycles. The maximum absolute atomic E-state index is 12.8. The molecule has 4 aliphatic heterocycles. The minimum Gasteiger partial charge on any atom is -0.369 e. The molecule has 3 atom stereocenters. The first-order valence-electron chi connectivity index (χ1n) is 37.9. The number of nitrogens with one attached hydrogen (secondary N) is 2. The SMILES string of the molecule is Cc1nc2ncc(-c3cc(=O)n4cc(N5CCCN(C)CC5)ccc4n3)cn2n1.Cc1nc2ncc(-c3cc(=O)n4cc(N5CCNCC5)ccc4n3)cn2n1.Cc1nc2ncc(-c3cc(=O)n4cc(N5CC[C@@H](N(C)C)C5)ccc4n3)cn2n1.Cc1nc2ncc(-c3cc(=O)n4cc(N5C[C@@H](C)N[C@@H](C)C5)ccc4n3)cn2n1. The van der Waals surface area contributed by atoms with Crippen LogP contribution in [0.4, 0.5) is 22.7 Å². The van der Waals surface area contributed by atoms with Crippen LogP contribution in [0.1, 0.15) is 50.0 Å². The third-order valence-corrected chi connectivity index (χ3v) is 20.7. The third kappa shape index (κ3) is 15.5. The quantitative estimate of drug-likeness (QED) is 0.203. The fourth-order valence-electron chi connectivity index (χ4n) is 14.9. The van der Waals surface area contributed by atoms with Crippen LogP contribution in [-0.4, -0.2) is 243 Å². The predicted octanol–water partition coefficient (Wildman–Crippen LogP) is 4.31. The summed E-state index contributed by atoms with van der Waals surface area (Å²) in [6.45, 7) is 23.1. The number of likely N-dealkylation sites (N-methyl/N-ethyl adjacent to an activating group) is 2. The van der Waals surface area contributed by atoms with E-state index in [-0.39, 0.29) is 22.2 Å². The number of fused-ring (bicyclic) bond motifs is 8. The van der Waals surface area contributed by atoms with E-state index in [0.29, 0.717) is 110 Å². The molecule has 16 aromatic rings. The molecule has 4 aliphatic rings. The monoisotopic (exact) mass is 1530 g/mol. The lowest BCUT2D eigenvalue weighted by Gasteiger charge is -2.37. The van der Waals surface area contributed by atoms with Gasteiger partial charge in [-0.05, 0) is 131 Å². The van der Waals surface area contributed by atoms with E-state index < -0.39 is 0 Å². The van der Waals surface area contributed by atoms with Gasteiger partial charge in [0.05, 0.1) is 45.5 Å². The van der Waals surface area contributed by atoms with Gasteiger partial charge in [0.1, 0.15) is 45.9 Å². The van der Waals surface area contributed by atoms with Crippen LogP contribution in [0.2, 0.25) is 0 Å². The van der Waals surface area contributed by atoms with Crippen LogP contribution < -0.4 is 52.5 Å². The highest BCUT2D eigenvalue weighted by atomic mass is 16.1. The summed E-state index contributed by atoms with van der Waals surface area (Å²) in [5.41, 5.74) is 11.2. The Morgan fingerprint density at radius 1 is 0.377 bits per heavy atom. The van der Waals surface area contributed by atoms with Crippen LogP contribution in [0.5, 0.6) is 0 Å². The highest BCUT2D eigenvalue weighted by Gasteiger charge is 2.26. The largest absolute Gasteiger partial charge is 0.369 e. The van der Waals surface area contributed by atoms with Gasteiger partial charge in [-0.15, -0.1) is 0 Å². The van der Waals surface area contributed by atoms with Crippen LogP contribution in [0, 0.1) is 27.7 Å². The first-order valence-corrected chi connectivity index (χ1v) is 37.9. The van der Waals surface area contributed by atoms with Crippen molar-refractivity contribution in [1.29, 1.82) is 0 Å². The van der Waals surface area contributed by atoms with E-state index in [4.69, 9.17) is 0 Å². The van der Waals surface area contributed by atoms with Gasteiger partial charge in [0.15, 0.2) is 0 Å². The van der Waals surface area contributed by atoms with Gasteiger partial charge in [-0.2, -0.15) is 40.3 Å². The molecule has 0 saturated carbocycles. The Morgan fingerprint density at radius 2 is 0.719 bits per heavy atom. The van der Waals surface area contributed by atoms with Gasteiger partial charge in [-0.25, -0.2) is 57.9 Å². The van der Waals surface area contributed by atoms with E-state index in [1.54, 1.807) is 91.3 Å². The standard InChI is InChI=1S/3C20H22N8O.C18H18N8O/c1-12-8-26(9-13(2)22-12)16-4-5-18-24-17(6-19(29)27(18)11-16)15-7-21-20-23-14(3)25-28(20)10-15;1-13-22-20-21-9-14(10-28(20)24-13)17-8-19(29)27-12-16(4-5-18(27)23-17)26-7-6-15(11-26)25(2)3;1-14-22-20-21-11-15(12-28(20)24-14)17-10-19(29)27-13-16(4-5-18(27)23-17)26-7-3-6-25(2)8-9-26;1-12-21-18-20-9-13(10-26(18)23-12)15-8-17(27)25-11-14(2-3-16(25)22-15)24-6-4-19-5-7-24/h4-7,10-13,22H,8-9H2,1-3H3;4-5,8-10,12,15H,6-7,11H2,1-3H3;4-5,10-13H,3,6-9H2,1-2H3;2-3,8-11,19H,4-7H2,1H3/t12-,13+;15-;;/m.1../s1. The van der Waals surface area contributed by atoms with Crippen molar-refractivity contribution >= 4 is 68.4 Å². The number of anilines is 4. The van der Waals surface area contributed by atoms with Gasteiger partial charge in [0.25, 0.3) is 45.3 Å². The summed E-state index contributed by atoms with van der Waals surface area (Å²) in [7, 11) is 6.36. The maximum atomic E-state index is 12.8. The summed E-state index contributed by atoms with van der Waals surface area (Å²) in [5.74, 6) is 4.67. The van der Waals surface area contributed by atoms with E-state index >= 15 is 0 Å². The molecule has 36 nitrogen and oxygen atoms in total. The highest BCUT2D eigenvalue weighted by Crippen LogP contribution is 2.27. The lowest BCUT2D eigenvalue weighted by molar-refractivity contribution is 0.315. The molecular weight excluding hydrogens is 1450 g/mol. The summed E-state index contributed by atoms with van der Waals surface area (Å²) >= 11 is 0. The number of pyridine rings is 4. The number of aromatic nitrogens is 24. The molecule has 0 aromatic carbocycles. The fraction of sp³-hybridized carbons (Fsp3) is 0.333. The summed E-state index contributed by atoms with van der Waals surface area (Å²) < 4.78 is 12.8. The molecule has 20 heterocycles. The molecule has 114 heavy (non-hydrogen) atoms. The van der Waals surface area contributed by atoms with E-state index in [1.807, 2.05) is 101 Å². The van der Waals surface area contributed by atoms with Crippen molar-refractivity contribution in [2.45, 2.75) is 72.5 Å². The van der Waals surface area contributed by atoms with E-state index in [9.17, 15) is 19.2 Å². The topological polar surface area (TPSA) is 353 Å². The second-order valence-corrected chi connectivity index (χ2v) is 29.5. The molecule has 0 aliphatic carbocycles. The van der Waals surface area contributed by atoms with Crippen molar-refractivity contribution < 1.29 is 0 Å². The third-order valence-electron chi connectivity index (χ3n) is 20.7. The van der Waals surface area contributed by atoms with Crippen molar-refractivity contribution in [1.82, 2.24) is 136 Å². The molecule has 580 valence electrons. The number of hydrogen-bond donors (Lipinski definition) is 2. The van der Waals surface area contributed by atoms with Gasteiger partial charge in [0.2, 0.25) is 0 Å². The Balaban J connectivity index is 0.000000110. The molecule has 0 bridgehead atoms.